The van der Waals surface area contributed by atoms with Crippen LogP contribution in [-0.2, 0) is 4.74 Å². The van der Waals surface area contributed by atoms with Crippen molar-refractivity contribution in [2.24, 2.45) is 5.11 Å². The Morgan fingerprint density at radius 3 is 2.13 bits per heavy atom. The average Bonchev–Trinajstić information content (AvgIpc) is 2.43. The predicted molar refractivity (Wildman–Crippen MR) is 83.0 cm³/mol. The third-order valence-corrected chi connectivity index (χ3v) is 2.82. The summed E-state index contributed by atoms with van der Waals surface area (Å²) in [7, 11) is 0. The van der Waals surface area contributed by atoms with Crippen molar-refractivity contribution in [1.82, 2.24) is 9.80 Å². The van der Waals surface area contributed by atoms with Crippen molar-refractivity contribution in [3.05, 3.63) is 26.4 Å². The van der Waals surface area contributed by atoms with Crippen molar-refractivity contribution >= 4 is 6.09 Å². The van der Waals surface area contributed by atoms with Gasteiger partial charge in [0.2, 0.25) is 0 Å². The number of carbonyl (C=O) groups excluding carboxylic acids is 1. The van der Waals surface area contributed by atoms with E-state index in [9.17, 15) is 4.79 Å². The molecule has 0 aromatic carbocycles. The van der Waals surface area contributed by atoms with Gasteiger partial charge in [-0.05, 0) is 39.3 Å². The first-order valence-electron chi connectivity index (χ1n) is 7.03. The number of nitrogens with zero attached hydrogens (tertiary/aromatic N) is 8. The Kier molecular flexibility index (Phi) is 13.9. The molecule has 0 bridgehead atoms. The fourth-order valence-electron chi connectivity index (χ4n) is 1.89. The van der Waals surface area contributed by atoms with Crippen LogP contribution in [0.15, 0.2) is 5.11 Å². The van der Waals surface area contributed by atoms with E-state index in [0.717, 1.165) is 26.1 Å². The van der Waals surface area contributed by atoms with Gasteiger partial charge >= 0.3 is 35.7 Å². The van der Waals surface area contributed by atoms with E-state index in [4.69, 9.17) is 21.3 Å². The molecule has 23 heavy (non-hydrogen) atoms. The van der Waals surface area contributed by atoms with E-state index >= 15 is 0 Å². The molecule has 0 saturated carbocycles. The van der Waals surface area contributed by atoms with Crippen LogP contribution < -0.4 is 29.6 Å². The van der Waals surface area contributed by atoms with E-state index in [1.807, 2.05) is 20.8 Å². The Labute approximate surface area is 158 Å². The second-order valence-corrected chi connectivity index (χ2v) is 5.71. The van der Waals surface area contributed by atoms with Gasteiger partial charge < -0.3 is 20.7 Å². The fraction of sp³-hybridized carbons (Fsp3) is 0.917. The van der Waals surface area contributed by atoms with Crippen molar-refractivity contribution in [1.29, 1.82) is 0 Å². The first kappa shape index (κ1) is 24.1. The van der Waals surface area contributed by atoms with Gasteiger partial charge in [-0.25, -0.2) is 4.79 Å². The minimum Gasteiger partial charge on any atom is -0.444 e. The zero-order chi connectivity index (χ0) is 17.0. The summed E-state index contributed by atoms with van der Waals surface area (Å²) in [5.41, 5.74) is 21.2. The maximum absolute atomic E-state index is 11.8. The van der Waals surface area contributed by atoms with Gasteiger partial charge in [-0.3, -0.25) is 9.81 Å². The van der Waals surface area contributed by atoms with E-state index in [2.05, 4.69) is 14.9 Å². The second kappa shape index (κ2) is 13.3. The molecule has 1 aliphatic rings. The molecular weight excluding hydrogens is 311 g/mol. The summed E-state index contributed by atoms with van der Waals surface area (Å²) in [6.45, 7) is 10.1. The van der Waals surface area contributed by atoms with E-state index < -0.39 is 5.60 Å². The third-order valence-electron chi connectivity index (χ3n) is 2.82. The standard InChI is InChI=1S/C12H23N5O2.N3.Na/c1-12(2,3)19-11(18)17-9-7-16(8-10-17)6-4-5-14-15-13;1-3-2;/h4-10H2,1-3H3;;/q;-1;+1. The monoisotopic (exact) mass is 334 g/mol. The van der Waals surface area contributed by atoms with Crippen molar-refractivity contribution in [3.8, 4) is 0 Å². The molecule has 0 aromatic rings. The Morgan fingerprint density at radius 2 is 1.70 bits per heavy atom. The number of ether oxygens (including phenoxy) is 1. The average molecular weight is 334 g/mol. The first-order valence-corrected chi connectivity index (χ1v) is 7.03. The van der Waals surface area contributed by atoms with Crippen LogP contribution in [0.1, 0.15) is 27.2 Å². The van der Waals surface area contributed by atoms with Gasteiger partial charge in [-0.15, -0.1) is 0 Å². The van der Waals surface area contributed by atoms with Crippen LogP contribution in [0.2, 0.25) is 0 Å². The molecule has 0 atom stereocenters. The molecular formula is C12H23N8NaO2. The minimum absolute atomic E-state index is 0. The van der Waals surface area contributed by atoms with Crippen molar-refractivity contribution < 1.29 is 39.1 Å². The van der Waals surface area contributed by atoms with Gasteiger partial charge in [-0.1, -0.05) is 5.11 Å². The van der Waals surface area contributed by atoms with E-state index in [-0.39, 0.29) is 35.7 Å². The number of piperazine rings is 1. The molecule has 124 valence electrons. The van der Waals surface area contributed by atoms with Gasteiger partial charge in [0.25, 0.3) is 0 Å². The SMILES string of the molecule is CC(C)(C)OC(=O)N1CCN(CCCN=[N+]=[N-])CC1.[N-]=[N+]=[N-].[Na+]. The van der Waals surface area contributed by atoms with Gasteiger partial charge in [0.15, 0.2) is 0 Å². The van der Waals surface area contributed by atoms with Crippen LogP contribution in [0.3, 0.4) is 0 Å². The fourth-order valence-corrected chi connectivity index (χ4v) is 1.89. The summed E-state index contributed by atoms with van der Waals surface area (Å²) in [6, 6.07) is 0. The predicted octanol–water partition coefficient (Wildman–Crippen LogP) is 0.110. The smallest absolute Gasteiger partial charge is 0.444 e. The van der Waals surface area contributed by atoms with E-state index in [0.29, 0.717) is 19.6 Å². The largest absolute Gasteiger partial charge is 1.00 e. The van der Waals surface area contributed by atoms with Crippen LogP contribution in [0.25, 0.3) is 26.4 Å². The normalized spacial score (nSPS) is 14.3. The van der Waals surface area contributed by atoms with Crippen molar-refractivity contribution in [2.45, 2.75) is 32.8 Å². The topological polar surface area (TPSA) is 140 Å². The second-order valence-electron chi connectivity index (χ2n) is 5.71. The molecule has 1 rings (SSSR count). The molecule has 1 aliphatic heterocycles. The number of azide groups is 1. The van der Waals surface area contributed by atoms with E-state index in [1.165, 1.54) is 4.91 Å². The number of carbonyl (C=O) groups is 1. The summed E-state index contributed by atoms with van der Waals surface area (Å²) in [5.74, 6) is 0. The van der Waals surface area contributed by atoms with Crippen LogP contribution in [0, 0.1) is 0 Å². The maximum atomic E-state index is 11.8. The van der Waals surface area contributed by atoms with Crippen LogP contribution in [0.4, 0.5) is 4.79 Å². The van der Waals surface area contributed by atoms with Crippen molar-refractivity contribution in [2.75, 3.05) is 39.3 Å². The van der Waals surface area contributed by atoms with Gasteiger partial charge in [0.1, 0.15) is 5.60 Å². The quantitative estimate of drug-likeness (QED) is 0.237. The zero-order valence-electron chi connectivity index (χ0n) is 14.3. The molecule has 0 N–H and O–H groups in total. The summed E-state index contributed by atoms with van der Waals surface area (Å²) >= 11 is 0. The molecule has 1 fully saturated rings. The molecule has 1 heterocycles. The van der Waals surface area contributed by atoms with Gasteiger partial charge in [0.05, 0.1) is 0 Å². The number of hydrogen-bond acceptors (Lipinski definition) is 4. The van der Waals surface area contributed by atoms with Gasteiger partial charge in [-0.2, -0.15) is 0 Å². The Balaban J connectivity index is 0. The molecule has 0 radical (unpaired) electrons. The van der Waals surface area contributed by atoms with Gasteiger partial charge in [0, 0.05) is 37.6 Å². The summed E-state index contributed by atoms with van der Waals surface area (Å²) in [6.07, 6.45) is 0.623. The minimum atomic E-state index is -0.441. The van der Waals surface area contributed by atoms with Crippen molar-refractivity contribution in [3.63, 3.8) is 0 Å². The first-order chi connectivity index (χ1) is 10.3. The number of rotatable bonds is 4. The summed E-state index contributed by atoms with van der Waals surface area (Å²) < 4.78 is 5.34. The third kappa shape index (κ3) is 13.0. The molecule has 0 aliphatic carbocycles. The Hall–Kier alpha value is -1.15. The molecule has 1 saturated heterocycles. The number of amides is 1. The van der Waals surface area contributed by atoms with E-state index in [1.54, 1.807) is 4.90 Å². The summed E-state index contributed by atoms with van der Waals surface area (Å²) in [5, 5.41) is 3.51. The zero-order valence-corrected chi connectivity index (χ0v) is 16.3. The molecule has 0 unspecified atom stereocenters. The summed E-state index contributed by atoms with van der Waals surface area (Å²) in [4.78, 5) is 20.1. The number of hydrogen-bond donors (Lipinski definition) is 0. The molecule has 11 heteroatoms. The Bertz CT molecular complexity index is 419. The van der Waals surface area contributed by atoms with Crippen LogP contribution in [-0.4, -0.2) is 60.8 Å². The molecule has 0 aromatic heterocycles. The van der Waals surface area contributed by atoms with Crippen LogP contribution >= 0.6 is 0 Å². The molecule has 10 nitrogen and oxygen atoms in total. The van der Waals surface area contributed by atoms with Crippen LogP contribution in [0.5, 0.6) is 0 Å². The molecule has 1 amide bonds. The molecule has 0 spiro atoms. The maximum Gasteiger partial charge on any atom is 1.00 e. The Morgan fingerprint density at radius 1 is 1.17 bits per heavy atom.